The van der Waals surface area contributed by atoms with Gasteiger partial charge in [0, 0.05) is 20.6 Å². The standard InChI is InChI=1S/C37H54N6O8/c1-6-13-27(32(45)34(47)38-19-28(44)40-29(35(48)42(4)5)23-14-9-7-10-15-23)39-33(46)31-26-18-25(26)20-43(31)36(49)30(24-16-11-8-12-17-24)41-37(50)51-21-22(2)3/h7,9-10,14-15,22,24-27,29-31H,6,8,11-13,16-21H2,1-5H3,(H,38,47)(H,39,46)(H,40,44)(H,41,50)/t25-,26-,27?,29?,30-,31-/m0/s1. The van der Waals surface area contributed by atoms with Gasteiger partial charge < -0.3 is 35.8 Å². The van der Waals surface area contributed by atoms with E-state index in [9.17, 15) is 33.6 Å². The highest BCUT2D eigenvalue weighted by molar-refractivity contribution is 6.38. The second-order valence-corrected chi connectivity index (χ2v) is 14.6. The maximum atomic E-state index is 14.1. The van der Waals surface area contributed by atoms with Crippen molar-refractivity contribution in [1.29, 1.82) is 0 Å². The molecule has 4 rings (SSSR count). The van der Waals surface area contributed by atoms with E-state index in [0.29, 0.717) is 18.5 Å². The first-order valence-electron chi connectivity index (χ1n) is 18.2. The summed E-state index contributed by atoms with van der Waals surface area (Å²) in [6.07, 6.45) is 5.24. The first-order chi connectivity index (χ1) is 24.3. The van der Waals surface area contributed by atoms with Gasteiger partial charge in [0.25, 0.3) is 5.91 Å². The minimum Gasteiger partial charge on any atom is -0.449 e. The Morgan fingerprint density at radius 1 is 0.941 bits per heavy atom. The second-order valence-electron chi connectivity index (χ2n) is 14.6. The molecule has 0 spiro atoms. The molecule has 4 N–H and O–H groups in total. The summed E-state index contributed by atoms with van der Waals surface area (Å²) in [5, 5.41) is 10.5. The van der Waals surface area contributed by atoms with E-state index in [1.165, 1.54) is 9.80 Å². The number of likely N-dealkylation sites (tertiary alicyclic amines) is 1. The average molecular weight is 711 g/mol. The fourth-order valence-corrected chi connectivity index (χ4v) is 7.09. The zero-order valence-corrected chi connectivity index (χ0v) is 30.4. The SMILES string of the molecule is CCCC(NC(=O)[C@@H]1[C@H]2C[C@H]2CN1C(=O)[C@@H](NC(=O)OCC(C)C)C1CCCCC1)C(=O)C(=O)NCC(=O)NC(C(=O)N(C)C)c1ccccc1. The lowest BCUT2D eigenvalue weighted by molar-refractivity contribution is -0.144. The van der Waals surface area contributed by atoms with Crippen LogP contribution < -0.4 is 21.3 Å². The summed E-state index contributed by atoms with van der Waals surface area (Å²) in [7, 11) is 3.13. The molecule has 0 aromatic heterocycles. The third-order valence-corrected chi connectivity index (χ3v) is 9.88. The second kappa shape index (κ2) is 18.1. The Hall–Kier alpha value is -4.49. The molecular weight excluding hydrogens is 656 g/mol. The van der Waals surface area contributed by atoms with Crippen LogP contribution in [0.3, 0.4) is 0 Å². The van der Waals surface area contributed by atoms with Crippen LogP contribution in [0, 0.1) is 23.7 Å². The van der Waals surface area contributed by atoms with E-state index < -0.39 is 60.3 Å². The topological polar surface area (TPSA) is 183 Å². The summed E-state index contributed by atoms with van der Waals surface area (Å²) in [6, 6.07) is 4.81. The lowest BCUT2D eigenvalue weighted by Crippen LogP contribution is -2.59. The number of carbonyl (C=O) groups excluding carboxylic acids is 7. The van der Waals surface area contributed by atoms with E-state index in [2.05, 4.69) is 21.3 Å². The van der Waals surface area contributed by atoms with Gasteiger partial charge in [-0.05, 0) is 54.9 Å². The first-order valence-corrected chi connectivity index (χ1v) is 18.2. The van der Waals surface area contributed by atoms with E-state index in [4.69, 9.17) is 4.74 Å². The van der Waals surface area contributed by atoms with Crippen LogP contribution in [-0.4, -0.2) is 103 Å². The lowest BCUT2D eigenvalue weighted by atomic mass is 9.83. The highest BCUT2D eigenvalue weighted by Gasteiger charge is 2.58. The molecule has 1 aromatic carbocycles. The molecular formula is C37H54N6O8. The molecule has 14 nitrogen and oxygen atoms in total. The van der Waals surface area contributed by atoms with Crippen molar-refractivity contribution in [1.82, 2.24) is 31.1 Å². The normalized spacial score (nSPS) is 21.4. The smallest absolute Gasteiger partial charge is 0.407 e. The van der Waals surface area contributed by atoms with Crippen LogP contribution in [0.1, 0.15) is 83.7 Å². The maximum Gasteiger partial charge on any atom is 0.407 e. The Morgan fingerprint density at radius 3 is 2.25 bits per heavy atom. The monoisotopic (exact) mass is 710 g/mol. The van der Waals surface area contributed by atoms with Crippen molar-refractivity contribution in [3.05, 3.63) is 35.9 Å². The molecule has 6 amide bonds. The third-order valence-electron chi connectivity index (χ3n) is 9.88. The number of alkyl carbamates (subject to hydrolysis) is 1. The highest BCUT2D eigenvalue weighted by Crippen LogP contribution is 2.50. The Bertz CT molecular complexity index is 1430. The van der Waals surface area contributed by atoms with Gasteiger partial charge in [-0.25, -0.2) is 4.79 Å². The predicted molar refractivity (Wildman–Crippen MR) is 188 cm³/mol. The number of hydrogen-bond acceptors (Lipinski definition) is 8. The number of carbonyl (C=O) groups is 7. The Labute approximate surface area is 300 Å². The molecule has 3 aliphatic rings. The number of piperidine rings is 1. The molecule has 6 atom stereocenters. The third kappa shape index (κ3) is 10.5. The van der Waals surface area contributed by atoms with Crippen molar-refractivity contribution < 1.29 is 38.3 Å². The zero-order chi connectivity index (χ0) is 37.2. The van der Waals surface area contributed by atoms with Gasteiger partial charge in [-0.3, -0.25) is 28.8 Å². The fraction of sp³-hybridized carbons (Fsp3) is 0.649. The fourth-order valence-electron chi connectivity index (χ4n) is 7.09. The summed E-state index contributed by atoms with van der Waals surface area (Å²) >= 11 is 0. The molecule has 14 heteroatoms. The Kier molecular flexibility index (Phi) is 14.0. The highest BCUT2D eigenvalue weighted by atomic mass is 16.5. The number of ether oxygens (including phenoxy) is 1. The molecule has 2 unspecified atom stereocenters. The number of amides is 6. The minimum atomic E-state index is -1.18. The van der Waals surface area contributed by atoms with Crippen molar-refractivity contribution >= 4 is 41.4 Å². The molecule has 2 saturated carbocycles. The molecule has 0 radical (unpaired) electrons. The van der Waals surface area contributed by atoms with E-state index in [1.54, 1.807) is 44.4 Å². The number of Topliss-reactive ketones (excluding diaryl/α,β-unsaturated/α-hetero) is 1. The molecule has 0 bridgehead atoms. The van der Waals surface area contributed by atoms with Crippen LogP contribution in [0.25, 0.3) is 0 Å². The van der Waals surface area contributed by atoms with Crippen LogP contribution in [-0.2, 0) is 33.5 Å². The van der Waals surface area contributed by atoms with Gasteiger partial charge in [0.15, 0.2) is 0 Å². The van der Waals surface area contributed by atoms with Crippen molar-refractivity contribution in [3.63, 3.8) is 0 Å². The number of likely N-dealkylation sites (N-methyl/N-ethyl adjacent to an activating group) is 1. The van der Waals surface area contributed by atoms with E-state index in [1.807, 2.05) is 20.8 Å². The number of nitrogens with one attached hydrogen (secondary N) is 4. The largest absolute Gasteiger partial charge is 0.449 e. The van der Waals surface area contributed by atoms with Gasteiger partial charge in [0.2, 0.25) is 29.4 Å². The van der Waals surface area contributed by atoms with E-state index >= 15 is 0 Å². The summed E-state index contributed by atoms with van der Waals surface area (Å²) in [4.78, 5) is 95.5. The predicted octanol–water partition coefficient (Wildman–Crippen LogP) is 2.08. The molecule has 51 heavy (non-hydrogen) atoms. The minimum absolute atomic E-state index is 0.0776. The lowest BCUT2D eigenvalue weighted by Gasteiger charge is -2.35. The number of fused-ring (bicyclic) bond motifs is 1. The van der Waals surface area contributed by atoms with Gasteiger partial charge in [-0.1, -0.05) is 76.8 Å². The number of benzene rings is 1. The van der Waals surface area contributed by atoms with Crippen LogP contribution in [0.15, 0.2) is 30.3 Å². The van der Waals surface area contributed by atoms with Crippen LogP contribution in [0.4, 0.5) is 4.79 Å². The molecule has 3 fully saturated rings. The number of hydrogen-bond donors (Lipinski definition) is 4. The molecule has 2 aliphatic carbocycles. The van der Waals surface area contributed by atoms with E-state index in [-0.39, 0.29) is 48.5 Å². The summed E-state index contributed by atoms with van der Waals surface area (Å²) in [5.41, 5.74) is 0.557. The van der Waals surface area contributed by atoms with Gasteiger partial charge in [-0.2, -0.15) is 0 Å². The van der Waals surface area contributed by atoms with Gasteiger partial charge in [0.05, 0.1) is 19.2 Å². The molecule has 1 saturated heterocycles. The number of rotatable bonds is 16. The van der Waals surface area contributed by atoms with Crippen molar-refractivity contribution in [2.24, 2.45) is 23.7 Å². The van der Waals surface area contributed by atoms with Crippen LogP contribution in [0.5, 0.6) is 0 Å². The Morgan fingerprint density at radius 2 is 1.63 bits per heavy atom. The molecule has 1 aliphatic heterocycles. The van der Waals surface area contributed by atoms with Crippen molar-refractivity contribution in [2.45, 2.75) is 96.3 Å². The first kappa shape index (κ1) is 39.3. The van der Waals surface area contributed by atoms with Crippen molar-refractivity contribution in [3.8, 4) is 0 Å². The zero-order valence-electron chi connectivity index (χ0n) is 30.4. The number of ketones is 1. The van der Waals surface area contributed by atoms with Gasteiger partial charge in [0.1, 0.15) is 18.1 Å². The van der Waals surface area contributed by atoms with E-state index in [0.717, 1.165) is 38.5 Å². The van der Waals surface area contributed by atoms with Crippen molar-refractivity contribution in [2.75, 3.05) is 33.8 Å². The quantitative estimate of drug-likeness (QED) is 0.188. The molecule has 280 valence electrons. The van der Waals surface area contributed by atoms with Crippen LogP contribution in [0.2, 0.25) is 0 Å². The Balaban J connectivity index is 1.39. The summed E-state index contributed by atoms with van der Waals surface area (Å²) in [5.74, 6) is -3.76. The summed E-state index contributed by atoms with van der Waals surface area (Å²) < 4.78 is 5.35. The van der Waals surface area contributed by atoms with Gasteiger partial charge in [-0.15, -0.1) is 0 Å². The number of nitrogens with zero attached hydrogens (tertiary/aromatic N) is 2. The summed E-state index contributed by atoms with van der Waals surface area (Å²) in [6.45, 7) is 5.68. The maximum absolute atomic E-state index is 14.1. The average Bonchev–Trinajstić information content (AvgIpc) is 3.78. The molecule has 1 aromatic rings. The van der Waals surface area contributed by atoms with Gasteiger partial charge >= 0.3 is 6.09 Å². The molecule has 1 heterocycles. The van der Waals surface area contributed by atoms with Crippen LogP contribution >= 0.6 is 0 Å².